The quantitative estimate of drug-likeness (QED) is 0.782. The van der Waals surface area contributed by atoms with Gasteiger partial charge in [0.05, 0.1) is 6.61 Å². The second-order valence-corrected chi connectivity index (χ2v) is 5.42. The van der Waals surface area contributed by atoms with Crippen LogP contribution in [0.15, 0.2) is 24.3 Å². The molecule has 1 aliphatic heterocycles. The van der Waals surface area contributed by atoms with Crippen LogP contribution < -0.4 is 0 Å². The first-order chi connectivity index (χ1) is 10.1. The van der Waals surface area contributed by atoms with Crippen molar-refractivity contribution in [3.05, 3.63) is 35.4 Å². The van der Waals surface area contributed by atoms with Gasteiger partial charge in [-0.1, -0.05) is 24.3 Å². The molecule has 1 amide bonds. The monoisotopic (exact) mass is 289 g/mol. The van der Waals surface area contributed by atoms with E-state index in [0.717, 1.165) is 19.3 Å². The molecule has 4 heteroatoms. The van der Waals surface area contributed by atoms with E-state index in [0.29, 0.717) is 19.6 Å². The van der Waals surface area contributed by atoms with E-state index in [1.165, 1.54) is 11.1 Å². The number of amides is 1. The first-order valence-electron chi connectivity index (χ1n) is 7.64. The van der Waals surface area contributed by atoms with Gasteiger partial charge in [-0.3, -0.25) is 4.79 Å². The molecule has 1 aromatic carbocycles. The molecule has 0 spiro atoms. The number of rotatable bonds is 5. The molecule has 4 nitrogen and oxygen atoms in total. The number of likely N-dealkylation sites (tertiary alicyclic amines) is 1. The van der Waals surface area contributed by atoms with Crippen molar-refractivity contribution in [3.63, 3.8) is 0 Å². The van der Waals surface area contributed by atoms with Crippen LogP contribution in [-0.2, 0) is 20.7 Å². The molecule has 0 N–H and O–H groups in total. The summed E-state index contributed by atoms with van der Waals surface area (Å²) in [5, 5.41) is 0. The van der Waals surface area contributed by atoms with Gasteiger partial charge in [0.25, 0.3) is 0 Å². The zero-order valence-electron chi connectivity index (χ0n) is 12.8. The van der Waals surface area contributed by atoms with Crippen molar-refractivity contribution in [2.45, 2.75) is 45.6 Å². The van der Waals surface area contributed by atoms with Gasteiger partial charge >= 0.3 is 5.97 Å². The molecule has 0 saturated carbocycles. The van der Waals surface area contributed by atoms with E-state index in [1.54, 1.807) is 11.8 Å². The molecular weight excluding hydrogens is 266 g/mol. The minimum Gasteiger partial charge on any atom is -0.464 e. The molecule has 0 radical (unpaired) electrons. The Morgan fingerprint density at radius 1 is 1.33 bits per heavy atom. The summed E-state index contributed by atoms with van der Waals surface area (Å²) in [6, 6.07) is 7.71. The van der Waals surface area contributed by atoms with Crippen LogP contribution in [0.1, 0.15) is 37.3 Å². The Balaban J connectivity index is 1.93. The molecule has 114 valence electrons. The summed E-state index contributed by atoms with van der Waals surface area (Å²) in [6.45, 7) is 4.87. The van der Waals surface area contributed by atoms with Crippen molar-refractivity contribution in [3.8, 4) is 0 Å². The van der Waals surface area contributed by atoms with Crippen LogP contribution in [0.5, 0.6) is 0 Å². The highest BCUT2D eigenvalue weighted by Gasteiger charge is 2.34. The van der Waals surface area contributed by atoms with Crippen molar-refractivity contribution in [1.82, 2.24) is 4.90 Å². The van der Waals surface area contributed by atoms with Crippen LogP contribution in [0.4, 0.5) is 0 Å². The van der Waals surface area contributed by atoms with Crippen LogP contribution in [-0.4, -0.2) is 36.0 Å². The highest BCUT2D eigenvalue weighted by atomic mass is 16.5. The lowest BCUT2D eigenvalue weighted by molar-refractivity contribution is -0.153. The maximum absolute atomic E-state index is 12.4. The number of aryl methyl sites for hydroxylation is 2. The highest BCUT2D eigenvalue weighted by molar-refractivity contribution is 5.85. The van der Waals surface area contributed by atoms with Gasteiger partial charge in [0, 0.05) is 13.0 Å². The van der Waals surface area contributed by atoms with E-state index >= 15 is 0 Å². The van der Waals surface area contributed by atoms with Crippen LogP contribution >= 0.6 is 0 Å². The summed E-state index contributed by atoms with van der Waals surface area (Å²) >= 11 is 0. The Kier molecular flexibility index (Phi) is 5.37. The van der Waals surface area contributed by atoms with Crippen molar-refractivity contribution >= 4 is 11.9 Å². The standard InChI is InChI=1S/C17H23NO3/c1-3-21-17(20)15-9-6-12-18(15)16(19)11-10-14-8-5-4-7-13(14)2/h4-5,7-8,15H,3,6,9-12H2,1-2H3. The van der Waals surface area contributed by atoms with Crippen LogP contribution in [0.2, 0.25) is 0 Å². The van der Waals surface area contributed by atoms with E-state index in [2.05, 4.69) is 19.1 Å². The summed E-state index contributed by atoms with van der Waals surface area (Å²) < 4.78 is 5.06. The van der Waals surface area contributed by atoms with Crippen molar-refractivity contribution < 1.29 is 14.3 Å². The number of esters is 1. The van der Waals surface area contributed by atoms with E-state index in [9.17, 15) is 9.59 Å². The van der Waals surface area contributed by atoms with E-state index in [-0.39, 0.29) is 17.9 Å². The number of carbonyl (C=O) groups is 2. The molecule has 1 saturated heterocycles. The fraction of sp³-hybridized carbons (Fsp3) is 0.529. The topological polar surface area (TPSA) is 46.6 Å². The van der Waals surface area contributed by atoms with Crippen molar-refractivity contribution in [2.24, 2.45) is 0 Å². The van der Waals surface area contributed by atoms with Crippen LogP contribution in [0.3, 0.4) is 0 Å². The molecular formula is C17H23NO3. The van der Waals surface area contributed by atoms with Crippen molar-refractivity contribution in [1.29, 1.82) is 0 Å². The van der Waals surface area contributed by atoms with Gasteiger partial charge in [0.15, 0.2) is 0 Å². The Hall–Kier alpha value is -1.84. The third kappa shape index (κ3) is 3.84. The molecule has 1 aromatic rings. The Morgan fingerprint density at radius 2 is 2.10 bits per heavy atom. The largest absolute Gasteiger partial charge is 0.464 e. The Morgan fingerprint density at radius 3 is 2.81 bits per heavy atom. The summed E-state index contributed by atoms with van der Waals surface area (Å²) in [6.07, 6.45) is 2.76. The van der Waals surface area contributed by atoms with E-state index < -0.39 is 0 Å². The van der Waals surface area contributed by atoms with Crippen LogP contribution in [0.25, 0.3) is 0 Å². The summed E-state index contributed by atoms with van der Waals surface area (Å²) in [5.41, 5.74) is 2.39. The third-order valence-electron chi connectivity index (χ3n) is 4.00. The molecule has 0 aliphatic carbocycles. The third-order valence-corrected chi connectivity index (χ3v) is 4.00. The lowest BCUT2D eigenvalue weighted by Crippen LogP contribution is -2.41. The minimum atomic E-state index is -0.380. The number of nitrogens with zero attached hydrogens (tertiary/aromatic N) is 1. The van der Waals surface area contributed by atoms with E-state index in [1.807, 2.05) is 12.1 Å². The molecule has 1 fully saturated rings. The average Bonchev–Trinajstić information content (AvgIpc) is 2.96. The Bertz CT molecular complexity index is 513. The number of hydrogen-bond donors (Lipinski definition) is 0. The molecule has 21 heavy (non-hydrogen) atoms. The molecule has 1 atom stereocenters. The normalized spacial score (nSPS) is 17.8. The summed E-state index contributed by atoms with van der Waals surface area (Å²) in [4.78, 5) is 25.9. The zero-order valence-corrected chi connectivity index (χ0v) is 12.8. The SMILES string of the molecule is CCOC(=O)C1CCCN1C(=O)CCc1ccccc1C. The highest BCUT2D eigenvalue weighted by Crippen LogP contribution is 2.20. The second-order valence-electron chi connectivity index (χ2n) is 5.42. The Labute approximate surface area is 126 Å². The fourth-order valence-corrected chi connectivity index (χ4v) is 2.82. The van der Waals surface area contributed by atoms with E-state index in [4.69, 9.17) is 4.74 Å². The smallest absolute Gasteiger partial charge is 0.328 e. The van der Waals surface area contributed by atoms with Gasteiger partial charge in [0.1, 0.15) is 6.04 Å². The van der Waals surface area contributed by atoms with Gasteiger partial charge in [-0.15, -0.1) is 0 Å². The number of hydrogen-bond acceptors (Lipinski definition) is 3. The zero-order chi connectivity index (χ0) is 15.2. The molecule has 0 bridgehead atoms. The summed E-state index contributed by atoms with van der Waals surface area (Å²) in [5.74, 6) is -0.215. The maximum atomic E-state index is 12.4. The maximum Gasteiger partial charge on any atom is 0.328 e. The predicted octanol–water partition coefficient (Wildman–Crippen LogP) is 2.48. The molecule has 1 heterocycles. The molecule has 0 aromatic heterocycles. The molecule has 2 rings (SSSR count). The van der Waals surface area contributed by atoms with Gasteiger partial charge < -0.3 is 9.64 Å². The van der Waals surface area contributed by atoms with Gasteiger partial charge in [-0.05, 0) is 44.2 Å². The van der Waals surface area contributed by atoms with Crippen LogP contribution in [0, 0.1) is 6.92 Å². The minimum absolute atomic E-state index is 0.0498. The number of carbonyl (C=O) groups excluding carboxylic acids is 2. The van der Waals surface area contributed by atoms with Gasteiger partial charge in [-0.25, -0.2) is 4.79 Å². The average molecular weight is 289 g/mol. The molecule has 1 unspecified atom stereocenters. The predicted molar refractivity (Wildman–Crippen MR) is 80.9 cm³/mol. The first kappa shape index (κ1) is 15.5. The fourth-order valence-electron chi connectivity index (χ4n) is 2.82. The van der Waals surface area contributed by atoms with Crippen molar-refractivity contribution in [2.75, 3.05) is 13.2 Å². The number of benzene rings is 1. The van der Waals surface area contributed by atoms with Gasteiger partial charge in [-0.2, -0.15) is 0 Å². The lowest BCUT2D eigenvalue weighted by Gasteiger charge is -2.23. The first-order valence-corrected chi connectivity index (χ1v) is 7.64. The van der Waals surface area contributed by atoms with Gasteiger partial charge in [0.2, 0.25) is 5.91 Å². The number of ether oxygens (including phenoxy) is 1. The second kappa shape index (κ2) is 7.25. The molecule has 1 aliphatic rings. The summed E-state index contributed by atoms with van der Waals surface area (Å²) in [7, 11) is 0. The lowest BCUT2D eigenvalue weighted by atomic mass is 10.0.